The molecular formula is C21H29N5O2S. The summed E-state index contributed by atoms with van der Waals surface area (Å²) in [6.07, 6.45) is 5.71. The summed E-state index contributed by atoms with van der Waals surface area (Å²) in [6.45, 7) is 5.20. The van der Waals surface area contributed by atoms with E-state index in [1.807, 2.05) is 30.3 Å². The van der Waals surface area contributed by atoms with Gasteiger partial charge in [0.1, 0.15) is 5.01 Å². The van der Waals surface area contributed by atoms with Crippen LogP contribution in [0.3, 0.4) is 0 Å². The molecule has 3 rings (SSSR count). The molecule has 1 atom stereocenters. The molecule has 0 spiro atoms. The van der Waals surface area contributed by atoms with Gasteiger partial charge in [-0.15, -0.1) is 10.2 Å². The molecule has 2 amide bonds. The molecule has 7 nitrogen and oxygen atoms in total. The Bertz CT molecular complexity index is 795. The molecule has 0 radical (unpaired) electrons. The van der Waals surface area contributed by atoms with Gasteiger partial charge in [-0.1, -0.05) is 36.0 Å². The number of aryl methyl sites for hydroxylation is 1. The minimum Gasteiger partial charge on any atom is -0.356 e. The van der Waals surface area contributed by atoms with E-state index < -0.39 is 0 Å². The first kappa shape index (κ1) is 21.4. The fourth-order valence-corrected chi connectivity index (χ4v) is 4.20. The lowest BCUT2D eigenvalue weighted by Crippen LogP contribution is -2.39. The van der Waals surface area contributed by atoms with Crippen LogP contribution >= 0.6 is 11.3 Å². The third-order valence-corrected chi connectivity index (χ3v) is 6.13. The predicted molar refractivity (Wildman–Crippen MR) is 115 cm³/mol. The number of para-hydroxylation sites is 1. The number of likely N-dealkylation sites (tertiary alicyclic amines) is 1. The number of hydrogen-bond acceptors (Lipinski definition) is 6. The van der Waals surface area contributed by atoms with Gasteiger partial charge in [-0.25, -0.2) is 0 Å². The first-order valence-electron chi connectivity index (χ1n) is 10.3. The van der Waals surface area contributed by atoms with Crippen molar-refractivity contribution in [1.82, 2.24) is 20.4 Å². The molecule has 1 saturated heterocycles. The Hall–Kier alpha value is -2.32. The first-order chi connectivity index (χ1) is 14.1. The molecular weight excluding hydrogens is 386 g/mol. The van der Waals surface area contributed by atoms with E-state index in [4.69, 9.17) is 0 Å². The average Bonchev–Trinajstić information content (AvgIpc) is 3.21. The third kappa shape index (κ3) is 6.90. The molecule has 2 N–H and O–H groups in total. The number of rotatable bonds is 9. The van der Waals surface area contributed by atoms with Crippen LogP contribution in [0.1, 0.15) is 53.8 Å². The van der Waals surface area contributed by atoms with Gasteiger partial charge >= 0.3 is 0 Å². The van der Waals surface area contributed by atoms with Crippen molar-refractivity contribution in [2.45, 2.75) is 51.5 Å². The Kier molecular flexibility index (Phi) is 8.13. The van der Waals surface area contributed by atoms with Gasteiger partial charge in [0.2, 0.25) is 10.9 Å². The molecule has 8 heteroatoms. The standard InChI is InChI=1S/C21H29N5O2S/c1-16-8-5-6-14-26(16)15-7-13-22-18(27)11-12-19-24-25-21(29-19)20(28)23-17-9-3-2-4-10-17/h2-4,9-10,16H,5-8,11-15H2,1H3,(H,22,27)(H,23,28)/t16-/m0/s1. The SMILES string of the molecule is C[C@H]1CCCCN1CCCNC(=O)CCc1nnc(C(=O)Nc2ccccc2)s1. The van der Waals surface area contributed by atoms with Crippen molar-refractivity contribution in [2.24, 2.45) is 0 Å². The van der Waals surface area contributed by atoms with Crippen LogP contribution in [0.25, 0.3) is 0 Å². The highest BCUT2D eigenvalue weighted by atomic mass is 32.1. The molecule has 0 saturated carbocycles. The Morgan fingerprint density at radius 2 is 2.03 bits per heavy atom. The lowest BCUT2D eigenvalue weighted by Gasteiger charge is -2.33. The van der Waals surface area contributed by atoms with E-state index in [0.717, 1.165) is 13.0 Å². The second-order valence-electron chi connectivity index (χ2n) is 7.41. The number of hydrogen-bond donors (Lipinski definition) is 2. The first-order valence-corrected chi connectivity index (χ1v) is 11.1. The van der Waals surface area contributed by atoms with Crippen molar-refractivity contribution < 1.29 is 9.59 Å². The Labute approximate surface area is 175 Å². The van der Waals surface area contributed by atoms with Crippen LogP contribution in [0, 0.1) is 0 Å². The van der Waals surface area contributed by atoms with Gasteiger partial charge in [0.05, 0.1) is 0 Å². The van der Waals surface area contributed by atoms with E-state index in [0.29, 0.717) is 41.1 Å². The molecule has 156 valence electrons. The number of carbonyl (C=O) groups excluding carboxylic acids is 2. The van der Waals surface area contributed by atoms with E-state index >= 15 is 0 Å². The monoisotopic (exact) mass is 415 g/mol. The summed E-state index contributed by atoms with van der Waals surface area (Å²) in [5.41, 5.74) is 0.715. The summed E-state index contributed by atoms with van der Waals surface area (Å²) in [6, 6.07) is 9.88. The Balaban J connectivity index is 1.33. The molecule has 29 heavy (non-hydrogen) atoms. The maximum Gasteiger partial charge on any atom is 0.286 e. The van der Waals surface area contributed by atoms with Crippen molar-refractivity contribution in [3.8, 4) is 0 Å². The highest BCUT2D eigenvalue weighted by Gasteiger charge is 2.17. The van der Waals surface area contributed by atoms with Crippen LogP contribution in [0.4, 0.5) is 5.69 Å². The largest absolute Gasteiger partial charge is 0.356 e. The summed E-state index contributed by atoms with van der Waals surface area (Å²) >= 11 is 1.23. The lowest BCUT2D eigenvalue weighted by atomic mass is 10.0. The Morgan fingerprint density at radius 3 is 2.83 bits per heavy atom. The average molecular weight is 416 g/mol. The van der Waals surface area contributed by atoms with E-state index in [-0.39, 0.29) is 11.8 Å². The summed E-state index contributed by atoms with van der Waals surface area (Å²) in [7, 11) is 0. The number of nitrogens with one attached hydrogen (secondary N) is 2. The number of anilines is 1. The van der Waals surface area contributed by atoms with Crippen molar-refractivity contribution in [3.63, 3.8) is 0 Å². The van der Waals surface area contributed by atoms with Gasteiger partial charge in [0.25, 0.3) is 5.91 Å². The van der Waals surface area contributed by atoms with Gasteiger partial charge in [0.15, 0.2) is 0 Å². The molecule has 1 aromatic carbocycles. The van der Waals surface area contributed by atoms with Crippen molar-refractivity contribution in [3.05, 3.63) is 40.3 Å². The smallest absolute Gasteiger partial charge is 0.286 e. The second kappa shape index (κ2) is 11.0. The van der Waals surface area contributed by atoms with Gasteiger partial charge in [0, 0.05) is 37.7 Å². The minimum atomic E-state index is -0.281. The zero-order chi connectivity index (χ0) is 20.5. The van der Waals surface area contributed by atoms with Crippen LogP contribution in [0.2, 0.25) is 0 Å². The number of nitrogens with zero attached hydrogens (tertiary/aromatic N) is 3. The van der Waals surface area contributed by atoms with Crippen LogP contribution in [-0.2, 0) is 11.2 Å². The van der Waals surface area contributed by atoms with E-state index in [1.54, 1.807) is 0 Å². The zero-order valence-corrected chi connectivity index (χ0v) is 17.7. The zero-order valence-electron chi connectivity index (χ0n) is 16.9. The van der Waals surface area contributed by atoms with E-state index in [1.165, 1.54) is 37.1 Å². The van der Waals surface area contributed by atoms with Crippen LogP contribution in [0.5, 0.6) is 0 Å². The molecule has 0 bridgehead atoms. The molecule has 1 aliphatic rings. The van der Waals surface area contributed by atoms with E-state index in [9.17, 15) is 9.59 Å². The number of benzene rings is 1. The molecule has 2 heterocycles. The van der Waals surface area contributed by atoms with Crippen LogP contribution in [-0.4, -0.2) is 52.6 Å². The highest BCUT2D eigenvalue weighted by molar-refractivity contribution is 7.13. The number of amides is 2. The maximum atomic E-state index is 12.2. The summed E-state index contributed by atoms with van der Waals surface area (Å²) < 4.78 is 0. The molecule has 0 unspecified atom stereocenters. The molecule has 1 fully saturated rings. The maximum absolute atomic E-state index is 12.2. The normalized spacial score (nSPS) is 17.1. The fraction of sp³-hybridized carbons (Fsp3) is 0.524. The van der Waals surface area contributed by atoms with Gasteiger partial charge < -0.3 is 15.5 Å². The number of aromatic nitrogens is 2. The number of carbonyl (C=O) groups is 2. The molecule has 0 aliphatic carbocycles. The van der Waals surface area contributed by atoms with Crippen LogP contribution in [0.15, 0.2) is 30.3 Å². The van der Waals surface area contributed by atoms with Crippen LogP contribution < -0.4 is 10.6 Å². The topological polar surface area (TPSA) is 87.2 Å². The molecule has 1 aliphatic heterocycles. The summed E-state index contributed by atoms with van der Waals surface area (Å²) in [5, 5.41) is 14.7. The quantitative estimate of drug-likeness (QED) is 0.615. The number of piperidine rings is 1. The van der Waals surface area contributed by atoms with Crippen molar-refractivity contribution in [2.75, 3.05) is 25.0 Å². The van der Waals surface area contributed by atoms with Gasteiger partial charge in [-0.3, -0.25) is 9.59 Å². The van der Waals surface area contributed by atoms with Crippen molar-refractivity contribution in [1.29, 1.82) is 0 Å². The fourth-order valence-electron chi connectivity index (χ4n) is 3.46. The second-order valence-corrected chi connectivity index (χ2v) is 8.47. The van der Waals surface area contributed by atoms with Crippen molar-refractivity contribution >= 4 is 28.8 Å². The third-order valence-electron chi connectivity index (χ3n) is 5.14. The molecule has 2 aromatic rings. The predicted octanol–water partition coefficient (Wildman–Crippen LogP) is 3.10. The molecule has 1 aromatic heterocycles. The van der Waals surface area contributed by atoms with Gasteiger partial charge in [-0.2, -0.15) is 0 Å². The summed E-state index contributed by atoms with van der Waals surface area (Å²) in [4.78, 5) is 26.8. The lowest BCUT2D eigenvalue weighted by molar-refractivity contribution is -0.121. The van der Waals surface area contributed by atoms with Gasteiger partial charge in [-0.05, 0) is 44.9 Å². The Morgan fingerprint density at radius 1 is 1.21 bits per heavy atom. The minimum absolute atomic E-state index is 0.0159. The summed E-state index contributed by atoms with van der Waals surface area (Å²) in [5.74, 6) is -0.265. The van der Waals surface area contributed by atoms with E-state index in [2.05, 4.69) is 32.7 Å². The highest BCUT2D eigenvalue weighted by Crippen LogP contribution is 2.16.